The van der Waals surface area contributed by atoms with Crippen LogP contribution in [-0.2, 0) is 10.0 Å². The molecule has 0 aliphatic carbocycles. The van der Waals surface area contributed by atoms with Gasteiger partial charge in [-0.25, -0.2) is 13.1 Å². The van der Waals surface area contributed by atoms with Gasteiger partial charge in [0.15, 0.2) is 0 Å². The second-order valence-electron chi connectivity index (χ2n) is 5.66. The van der Waals surface area contributed by atoms with Crippen molar-refractivity contribution < 1.29 is 8.42 Å². The van der Waals surface area contributed by atoms with Gasteiger partial charge in [0.1, 0.15) is 0 Å². The fourth-order valence-electron chi connectivity index (χ4n) is 2.34. The number of aryl methyl sites for hydroxylation is 2. The SMILES string of the molecule is Cc1ccc(S(=O)(=O)NC2(C)CCNCC2)cc1C. The van der Waals surface area contributed by atoms with Crippen LogP contribution in [0.1, 0.15) is 30.9 Å². The summed E-state index contributed by atoms with van der Waals surface area (Å²) in [5.74, 6) is 0. The molecule has 0 radical (unpaired) electrons. The molecule has 0 saturated carbocycles. The molecule has 0 amide bonds. The maximum atomic E-state index is 12.4. The van der Waals surface area contributed by atoms with E-state index in [1.807, 2.05) is 26.8 Å². The Bertz CT molecular complexity index is 561. The number of nitrogens with one attached hydrogen (secondary N) is 2. The van der Waals surface area contributed by atoms with Gasteiger partial charge in [0, 0.05) is 5.54 Å². The Hall–Kier alpha value is -0.910. The minimum Gasteiger partial charge on any atom is -0.317 e. The van der Waals surface area contributed by atoms with Gasteiger partial charge in [0.25, 0.3) is 0 Å². The first kappa shape index (κ1) is 14.5. The third-order valence-electron chi connectivity index (χ3n) is 3.88. The van der Waals surface area contributed by atoms with E-state index in [0.29, 0.717) is 4.90 Å². The van der Waals surface area contributed by atoms with E-state index in [1.165, 1.54) is 0 Å². The minimum absolute atomic E-state index is 0.344. The van der Waals surface area contributed by atoms with Crippen LogP contribution in [0.2, 0.25) is 0 Å². The molecule has 1 aromatic carbocycles. The lowest BCUT2D eigenvalue weighted by atomic mass is 9.92. The van der Waals surface area contributed by atoms with Gasteiger partial charge in [0.2, 0.25) is 10.0 Å². The highest BCUT2D eigenvalue weighted by Gasteiger charge is 2.32. The Balaban J connectivity index is 2.24. The Labute approximate surface area is 115 Å². The molecular weight excluding hydrogens is 260 g/mol. The zero-order chi connectivity index (χ0) is 14.1. The van der Waals surface area contributed by atoms with Gasteiger partial charge in [-0.15, -0.1) is 0 Å². The normalized spacial score (nSPS) is 19.3. The lowest BCUT2D eigenvalue weighted by molar-refractivity contribution is 0.308. The third-order valence-corrected chi connectivity index (χ3v) is 5.51. The van der Waals surface area contributed by atoms with Gasteiger partial charge < -0.3 is 5.32 Å². The van der Waals surface area contributed by atoms with Gasteiger partial charge in [-0.3, -0.25) is 0 Å². The van der Waals surface area contributed by atoms with Crippen molar-refractivity contribution in [3.8, 4) is 0 Å². The van der Waals surface area contributed by atoms with Crippen LogP contribution in [0.4, 0.5) is 0 Å². The highest BCUT2D eigenvalue weighted by Crippen LogP contribution is 2.22. The predicted octanol–water partition coefficient (Wildman–Crippen LogP) is 1.72. The smallest absolute Gasteiger partial charge is 0.241 e. The molecule has 1 aliphatic heterocycles. The molecule has 1 saturated heterocycles. The average molecular weight is 282 g/mol. The number of rotatable bonds is 3. The van der Waals surface area contributed by atoms with Crippen molar-refractivity contribution in [2.45, 2.75) is 44.0 Å². The molecule has 19 heavy (non-hydrogen) atoms. The zero-order valence-electron chi connectivity index (χ0n) is 11.8. The Morgan fingerprint density at radius 1 is 1.16 bits per heavy atom. The molecule has 5 heteroatoms. The molecule has 1 aliphatic rings. The second-order valence-corrected chi connectivity index (χ2v) is 7.34. The van der Waals surface area contributed by atoms with Gasteiger partial charge in [-0.1, -0.05) is 6.07 Å². The fourth-order valence-corrected chi connectivity index (χ4v) is 3.89. The molecule has 4 nitrogen and oxygen atoms in total. The number of hydrogen-bond donors (Lipinski definition) is 2. The third kappa shape index (κ3) is 3.35. The second kappa shape index (κ2) is 5.23. The van der Waals surface area contributed by atoms with Crippen LogP contribution in [0.25, 0.3) is 0 Å². The van der Waals surface area contributed by atoms with Crippen molar-refractivity contribution in [2.75, 3.05) is 13.1 Å². The molecule has 0 unspecified atom stereocenters. The van der Waals surface area contributed by atoms with Gasteiger partial charge in [-0.05, 0) is 70.0 Å². The highest BCUT2D eigenvalue weighted by atomic mass is 32.2. The van der Waals surface area contributed by atoms with E-state index in [1.54, 1.807) is 12.1 Å². The van der Waals surface area contributed by atoms with Crippen LogP contribution >= 0.6 is 0 Å². The van der Waals surface area contributed by atoms with E-state index >= 15 is 0 Å². The van der Waals surface area contributed by atoms with E-state index in [2.05, 4.69) is 10.0 Å². The quantitative estimate of drug-likeness (QED) is 0.887. The first-order chi connectivity index (χ1) is 8.82. The standard InChI is InChI=1S/C14H22N2O2S/c1-11-4-5-13(10-12(11)2)19(17,18)16-14(3)6-8-15-9-7-14/h4-5,10,15-16H,6-9H2,1-3H3. The number of sulfonamides is 1. The summed E-state index contributed by atoms with van der Waals surface area (Å²) in [5.41, 5.74) is 1.76. The van der Waals surface area contributed by atoms with Crippen molar-refractivity contribution in [3.05, 3.63) is 29.3 Å². The van der Waals surface area contributed by atoms with E-state index in [-0.39, 0.29) is 5.54 Å². The Morgan fingerprint density at radius 3 is 2.37 bits per heavy atom. The van der Waals surface area contributed by atoms with Crippen molar-refractivity contribution >= 4 is 10.0 Å². The first-order valence-corrected chi connectivity index (χ1v) is 8.13. The Kier molecular flexibility index (Phi) is 3.99. The molecule has 1 heterocycles. The minimum atomic E-state index is -3.44. The molecule has 0 aromatic heterocycles. The van der Waals surface area contributed by atoms with Gasteiger partial charge >= 0.3 is 0 Å². The average Bonchev–Trinajstić information content (AvgIpc) is 2.32. The monoisotopic (exact) mass is 282 g/mol. The summed E-state index contributed by atoms with van der Waals surface area (Å²) >= 11 is 0. The lowest BCUT2D eigenvalue weighted by Gasteiger charge is -2.34. The summed E-state index contributed by atoms with van der Waals surface area (Å²) in [7, 11) is -3.44. The highest BCUT2D eigenvalue weighted by molar-refractivity contribution is 7.89. The van der Waals surface area contributed by atoms with Crippen molar-refractivity contribution in [1.29, 1.82) is 0 Å². The summed E-state index contributed by atoms with van der Waals surface area (Å²) < 4.78 is 27.7. The maximum absolute atomic E-state index is 12.4. The molecule has 0 atom stereocenters. The summed E-state index contributed by atoms with van der Waals surface area (Å²) in [6, 6.07) is 5.27. The predicted molar refractivity (Wildman–Crippen MR) is 76.7 cm³/mol. The molecule has 1 fully saturated rings. The summed E-state index contributed by atoms with van der Waals surface area (Å²) in [6.07, 6.45) is 1.63. The molecular formula is C14H22N2O2S. The van der Waals surface area contributed by atoms with Crippen LogP contribution in [0.15, 0.2) is 23.1 Å². The number of piperidine rings is 1. The van der Waals surface area contributed by atoms with E-state index in [9.17, 15) is 8.42 Å². The van der Waals surface area contributed by atoms with Crippen molar-refractivity contribution in [2.24, 2.45) is 0 Å². The lowest BCUT2D eigenvalue weighted by Crippen LogP contribution is -2.52. The van der Waals surface area contributed by atoms with Crippen LogP contribution in [0.5, 0.6) is 0 Å². The van der Waals surface area contributed by atoms with Gasteiger partial charge in [0.05, 0.1) is 4.90 Å². The molecule has 2 N–H and O–H groups in total. The van der Waals surface area contributed by atoms with Crippen LogP contribution < -0.4 is 10.0 Å². The van der Waals surface area contributed by atoms with Crippen molar-refractivity contribution in [3.63, 3.8) is 0 Å². The van der Waals surface area contributed by atoms with Gasteiger partial charge in [-0.2, -0.15) is 0 Å². The maximum Gasteiger partial charge on any atom is 0.241 e. The topological polar surface area (TPSA) is 58.2 Å². The number of benzene rings is 1. The van der Waals surface area contributed by atoms with E-state index < -0.39 is 10.0 Å². The van der Waals surface area contributed by atoms with Crippen LogP contribution in [0, 0.1) is 13.8 Å². The molecule has 106 valence electrons. The summed E-state index contributed by atoms with van der Waals surface area (Å²) in [6.45, 7) is 7.60. The summed E-state index contributed by atoms with van der Waals surface area (Å²) in [5, 5.41) is 3.25. The summed E-state index contributed by atoms with van der Waals surface area (Å²) in [4.78, 5) is 0.357. The molecule has 2 rings (SSSR count). The number of hydrogen-bond acceptors (Lipinski definition) is 3. The van der Waals surface area contributed by atoms with Crippen molar-refractivity contribution in [1.82, 2.24) is 10.0 Å². The Morgan fingerprint density at radius 2 is 1.79 bits per heavy atom. The molecule has 0 spiro atoms. The fraction of sp³-hybridized carbons (Fsp3) is 0.571. The van der Waals surface area contributed by atoms with E-state index in [0.717, 1.165) is 37.1 Å². The molecule has 0 bridgehead atoms. The van der Waals surface area contributed by atoms with Crippen LogP contribution in [0.3, 0.4) is 0 Å². The zero-order valence-corrected chi connectivity index (χ0v) is 12.6. The largest absolute Gasteiger partial charge is 0.317 e. The first-order valence-electron chi connectivity index (χ1n) is 6.64. The molecule has 1 aromatic rings. The van der Waals surface area contributed by atoms with E-state index in [4.69, 9.17) is 0 Å². The van der Waals surface area contributed by atoms with Crippen LogP contribution in [-0.4, -0.2) is 27.0 Å².